The van der Waals surface area contributed by atoms with Gasteiger partial charge in [-0.2, -0.15) is 0 Å². The third-order valence-corrected chi connectivity index (χ3v) is 7.06. The molecule has 3 nitrogen and oxygen atoms in total. The number of amides is 1. The summed E-state index contributed by atoms with van der Waals surface area (Å²) >= 11 is 0. The second kappa shape index (κ2) is 22.0. The first-order chi connectivity index (χ1) is 20.5. The van der Waals surface area contributed by atoms with Gasteiger partial charge in [0.25, 0.3) is 0 Å². The summed E-state index contributed by atoms with van der Waals surface area (Å²) < 4.78 is 0. The Kier molecular flexibility index (Phi) is 18.0. The number of hydrogen-bond donors (Lipinski definition) is 1. The molecule has 0 radical (unpaired) electrons. The van der Waals surface area contributed by atoms with Crippen molar-refractivity contribution in [1.82, 2.24) is 5.32 Å². The van der Waals surface area contributed by atoms with E-state index in [4.69, 9.17) is 0 Å². The van der Waals surface area contributed by atoms with E-state index in [1.165, 1.54) is 10.9 Å². The maximum atomic E-state index is 12.7. The fourth-order valence-corrected chi connectivity index (χ4v) is 4.49. The lowest BCUT2D eigenvalue weighted by Crippen LogP contribution is -2.24. The van der Waals surface area contributed by atoms with Gasteiger partial charge in [-0.05, 0) is 74.6 Å². The molecule has 0 aliphatic rings. The van der Waals surface area contributed by atoms with Crippen LogP contribution in [0.4, 0.5) is 0 Å². The van der Waals surface area contributed by atoms with Crippen molar-refractivity contribution in [3.05, 3.63) is 120 Å². The van der Waals surface area contributed by atoms with Gasteiger partial charge in [0.2, 0.25) is 5.91 Å². The molecular weight excluding hydrogens is 514 g/mol. The van der Waals surface area contributed by atoms with E-state index in [0.717, 1.165) is 55.9 Å². The molecule has 0 spiro atoms. The minimum absolute atomic E-state index is 0.0415. The Hall–Kier alpha value is -3.72. The summed E-state index contributed by atoms with van der Waals surface area (Å²) in [7, 11) is 0. The molecule has 0 saturated carbocycles. The minimum Gasteiger partial charge on any atom is -0.356 e. The number of hydrogen-bond acceptors (Lipinski definition) is 2. The molecule has 3 heteroatoms. The number of fused-ring (bicyclic) bond motifs is 1. The van der Waals surface area contributed by atoms with Crippen LogP contribution in [0.15, 0.2) is 109 Å². The van der Waals surface area contributed by atoms with Crippen LogP contribution < -0.4 is 5.32 Å². The van der Waals surface area contributed by atoms with Gasteiger partial charge in [0.1, 0.15) is 5.78 Å². The van der Waals surface area contributed by atoms with Gasteiger partial charge >= 0.3 is 0 Å². The standard InChI is InChI=1S/C39H51NO2/c1-4-5-6-7-8-9-10-11-12-13-14-15-16-17-18-19-20-21-22-25-39(42)40-30-23-24-38(41)34(3)35-28-29-36-31-33(2)26-27-37(36)32-35/h5-6,8-9,11-12,14-15,17-18,20-21,26-29,31-32,34H,4,7,10,13,16,19,22-25,30H2,1-3H3,(H,40,42)/b6-5-,9-8-,12-11-,15-14-,18-17-,21-20-/t34-/m0/s1. The second-order valence-corrected chi connectivity index (χ2v) is 10.7. The fraction of sp³-hybridized carbons (Fsp3) is 0.385. The molecule has 42 heavy (non-hydrogen) atoms. The Balaban J connectivity index is 1.48. The maximum Gasteiger partial charge on any atom is 0.220 e. The van der Waals surface area contributed by atoms with Crippen LogP contribution in [0, 0.1) is 6.92 Å². The number of carbonyl (C=O) groups excluding carboxylic acids is 2. The molecule has 1 N–H and O–H groups in total. The summed E-state index contributed by atoms with van der Waals surface area (Å²) in [5, 5.41) is 5.31. The number of nitrogens with one attached hydrogen (secondary N) is 1. The molecule has 2 rings (SSSR count). The number of allylic oxidation sites excluding steroid dienone is 12. The quantitative estimate of drug-likeness (QED) is 0.128. The Morgan fingerprint density at radius 1 is 0.690 bits per heavy atom. The van der Waals surface area contributed by atoms with Crippen molar-refractivity contribution in [2.75, 3.05) is 6.54 Å². The Bertz CT molecular complexity index is 1260. The van der Waals surface area contributed by atoms with E-state index in [1.807, 2.05) is 6.92 Å². The Morgan fingerprint density at radius 2 is 1.21 bits per heavy atom. The lowest BCUT2D eigenvalue weighted by molar-refractivity contribution is -0.122. The molecule has 0 aliphatic carbocycles. The summed E-state index contributed by atoms with van der Waals surface area (Å²) in [4.78, 5) is 24.8. The summed E-state index contributed by atoms with van der Waals surface area (Å²) in [5.41, 5.74) is 2.29. The average Bonchev–Trinajstić information content (AvgIpc) is 2.99. The number of Topliss-reactive ketones (excluding diaryl/α,β-unsaturated/α-hetero) is 1. The van der Waals surface area contributed by atoms with Gasteiger partial charge < -0.3 is 5.32 Å². The molecule has 2 aromatic carbocycles. The van der Waals surface area contributed by atoms with Crippen molar-refractivity contribution in [2.45, 2.75) is 90.9 Å². The molecule has 0 aliphatic heterocycles. The normalized spacial score (nSPS) is 13.2. The van der Waals surface area contributed by atoms with Crippen molar-refractivity contribution >= 4 is 22.5 Å². The fourth-order valence-electron chi connectivity index (χ4n) is 4.49. The molecule has 0 aromatic heterocycles. The van der Waals surface area contributed by atoms with Crippen molar-refractivity contribution in [3.8, 4) is 0 Å². The van der Waals surface area contributed by atoms with Gasteiger partial charge in [0, 0.05) is 25.3 Å². The zero-order valence-electron chi connectivity index (χ0n) is 26.1. The Morgan fingerprint density at radius 3 is 1.81 bits per heavy atom. The smallest absolute Gasteiger partial charge is 0.220 e. The minimum atomic E-state index is -0.139. The number of aryl methyl sites for hydroxylation is 1. The summed E-state index contributed by atoms with van der Waals surface area (Å²) in [6.07, 6.45) is 34.4. The van der Waals surface area contributed by atoms with Crippen LogP contribution in [-0.2, 0) is 9.59 Å². The largest absolute Gasteiger partial charge is 0.356 e. The van der Waals surface area contributed by atoms with Gasteiger partial charge in [-0.25, -0.2) is 0 Å². The highest BCUT2D eigenvalue weighted by Gasteiger charge is 2.15. The third-order valence-electron chi connectivity index (χ3n) is 7.06. The number of rotatable bonds is 20. The summed E-state index contributed by atoms with van der Waals surface area (Å²) in [5.74, 6) is 0.119. The molecule has 0 fully saturated rings. The predicted molar refractivity (Wildman–Crippen MR) is 182 cm³/mol. The second-order valence-electron chi connectivity index (χ2n) is 10.7. The third kappa shape index (κ3) is 15.3. The molecule has 0 unspecified atom stereocenters. The highest BCUT2D eigenvalue weighted by atomic mass is 16.1. The van der Waals surface area contributed by atoms with Crippen molar-refractivity contribution in [2.24, 2.45) is 0 Å². The van der Waals surface area contributed by atoms with E-state index in [2.05, 4.69) is 128 Å². The molecule has 0 saturated heterocycles. The first kappa shape index (κ1) is 34.5. The van der Waals surface area contributed by atoms with Crippen LogP contribution in [0.1, 0.15) is 95.1 Å². The first-order valence-electron chi connectivity index (χ1n) is 15.7. The van der Waals surface area contributed by atoms with E-state index >= 15 is 0 Å². The van der Waals surface area contributed by atoms with Gasteiger partial charge in [-0.1, -0.05) is 129 Å². The Labute approximate surface area is 254 Å². The average molecular weight is 566 g/mol. The SMILES string of the molecule is CC/C=C\C/C=C\C/C=C\C/C=C\C/C=C\C/C=C\CCC(=O)NCCCC(=O)[C@@H](C)c1ccc2cc(C)ccc2c1. The first-order valence-corrected chi connectivity index (χ1v) is 15.7. The van der Waals surface area contributed by atoms with Crippen LogP contribution in [-0.4, -0.2) is 18.2 Å². The highest BCUT2D eigenvalue weighted by Crippen LogP contribution is 2.24. The molecule has 1 amide bonds. The van der Waals surface area contributed by atoms with Gasteiger partial charge in [-0.15, -0.1) is 0 Å². The summed E-state index contributed by atoms with van der Waals surface area (Å²) in [6, 6.07) is 12.6. The van der Waals surface area contributed by atoms with Crippen molar-refractivity contribution in [1.29, 1.82) is 0 Å². The molecule has 224 valence electrons. The van der Waals surface area contributed by atoms with E-state index in [9.17, 15) is 9.59 Å². The molecule has 0 heterocycles. The van der Waals surface area contributed by atoms with E-state index in [-0.39, 0.29) is 17.6 Å². The number of ketones is 1. The highest BCUT2D eigenvalue weighted by molar-refractivity contribution is 5.89. The predicted octanol–water partition coefficient (Wildman–Crippen LogP) is 10.2. The van der Waals surface area contributed by atoms with Crippen LogP contribution in [0.5, 0.6) is 0 Å². The topological polar surface area (TPSA) is 46.2 Å². The van der Waals surface area contributed by atoms with Crippen molar-refractivity contribution < 1.29 is 9.59 Å². The van der Waals surface area contributed by atoms with Gasteiger partial charge in [-0.3, -0.25) is 9.59 Å². The molecule has 2 aromatic rings. The van der Waals surface area contributed by atoms with E-state index < -0.39 is 0 Å². The lowest BCUT2D eigenvalue weighted by atomic mass is 9.92. The zero-order chi connectivity index (χ0) is 30.3. The number of carbonyl (C=O) groups is 2. The number of benzene rings is 2. The lowest BCUT2D eigenvalue weighted by Gasteiger charge is -2.12. The van der Waals surface area contributed by atoms with Crippen LogP contribution in [0.25, 0.3) is 10.8 Å². The van der Waals surface area contributed by atoms with Crippen LogP contribution in [0.2, 0.25) is 0 Å². The zero-order valence-corrected chi connectivity index (χ0v) is 26.1. The van der Waals surface area contributed by atoms with Gasteiger partial charge in [0.05, 0.1) is 0 Å². The van der Waals surface area contributed by atoms with E-state index in [0.29, 0.717) is 25.8 Å². The van der Waals surface area contributed by atoms with Crippen LogP contribution in [0.3, 0.4) is 0 Å². The molecule has 0 bridgehead atoms. The van der Waals surface area contributed by atoms with Crippen molar-refractivity contribution in [3.63, 3.8) is 0 Å². The monoisotopic (exact) mass is 565 g/mol. The maximum absolute atomic E-state index is 12.7. The van der Waals surface area contributed by atoms with Crippen LogP contribution >= 0.6 is 0 Å². The molecule has 1 atom stereocenters. The summed E-state index contributed by atoms with van der Waals surface area (Å²) in [6.45, 7) is 6.75. The molecular formula is C39H51NO2. The van der Waals surface area contributed by atoms with E-state index in [1.54, 1.807) is 0 Å². The van der Waals surface area contributed by atoms with Gasteiger partial charge in [0.15, 0.2) is 0 Å².